The Kier molecular flexibility index (Phi) is 6.13. The minimum absolute atomic E-state index is 0.274. The van der Waals surface area contributed by atoms with Crippen LogP contribution in [-0.4, -0.2) is 18.3 Å². The van der Waals surface area contributed by atoms with Crippen molar-refractivity contribution in [3.63, 3.8) is 0 Å². The second kappa shape index (κ2) is 8.50. The predicted molar refractivity (Wildman–Crippen MR) is 97.3 cm³/mol. The molecule has 0 aliphatic carbocycles. The zero-order valence-electron chi connectivity index (χ0n) is 14.6. The summed E-state index contributed by atoms with van der Waals surface area (Å²) in [6, 6.07) is 11.2. The van der Waals surface area contributed by atoms with E-state index in [0.717, 1.165) is 16.9 Å². The Labute approximate surface area is 147 Å². The molecule has 0 aliphatic heterocycles. The lowest BCUT2D eigenvalue weighted by Gasteiger charge is -2.21. The number of nitriles is 1. The fourth-order valence-electron chi connectivity index (χ4n) is 2.16. The van der Waals surface area contributed by atoms with Crippen LogP contribution in [-0.2, 0) is 11.3 Å². The maximum Gasteiger partial charge on any atom is 0.209 e. The first-order chi connectivity index (χ1) is 12.1. The van der Waals surface area contributed by atoms with Gasteiger partial charge in [-0.1, -0.05) is 12.1 Å². The van der Waals surface area contributed by atoms with E-state index in [1.54, 1.807) is 38.6 Å². The zero-order chi connectivity index (χ0) is 18.2. The van der Waals surface area contributed by atoms with Crippen LogP contribution in [0.4, 0.5) is 5.82 Å². The van der Waals surface area contributed by atoms with Crippen LogP contribution < -0.4 is 9.75 Å². The van der Waals surface area contributed by atoms with E-state index in [-0.39, 0.29) is 6.61 Å². The van der Waals surface area contributed by atoms with E-state index in [2.05, 4.69) is 22.7 Å². The van der Waals surface area contributed by atoms with Crippen molar-refractivity contribution in [1.82, 2.24) is 4.98 Å². The third kappa shape index (κ3) is 4.58. The number of aromatic nitrogens is 1. The maximum absolute atomic E-state index is 9.04. The summed E-state index contributed by atoms with van der Waals surface area (Å²) < 4.78 is 11.1. The average molecular weight is 336 g/mol. The molecule has 0 unspecified atom stereocenters. The van der Waals surface area contributed by atoms with E-state index >= 15 is 0 Å². The molecular formula is C19H20N4O2. The van der Waals surface area contributed by atoms with E-state index in [1.165, 1.54) is 5.01 Å². The molecule has 0 fully saturated rings. The molecule has 0 saturated carbocycles. The van der Waals surface area contributed by atoms with E-state index in [4.69, 9.17) is 14.7 Å². The van der Waals surface area contributed by atoms with Gasteiger partial charge in [0.15, 0.2) is 5.82 Å². The normalized spacial score (nSPS) is 10.3. The Morgan fingerprint density at radius 3 is 2.88 bits per heavy atom. The van der Waals surface area contributed by atoms with Crippen LogP contribution in [0.15, 0.2) is 54.1 Å². The molecule has 0 bridgehead atoms. The molecule has 0 amide bonds. The molecule has 25 heavy (non-hydrogen) atoms. The number of aryl methyl sites for hydroxylation is 1. The molecule has 0 N–H and O–H groups in total. The lowest BCUT2D eigenvalue weighted by molar-refractivity contribution is 0.189. The third-order valence-electron chi connectivity index (χ3n) is 3.40. The molecule has 1 aromatic carbocycles. The van der Waals surface area contributed by atoms with Crippen LogP contribution in [0.2, 0.25) is 0 Å². The summed E-state index contributed by atoms with van der Waals surface area (Å²) in [5.74, 6) is 1.50. The number of pyridine rings is 1. The molecule has 1 heterocycles. The Bertz CT molecular complexity index is 824. The van der Waals surface area contributed by atoms with Crippen LogP contribution >= 0.6 is 0 Å². The van der Waals surface area contributed by atoms with Crippen LogP contribution in [0.25, 0.3) is 0 Å². The molecule has 2 aromatic rings. The van der Waals surface area contributed by atoms with Crippen molar-refractivity contribution in [2.75, 3.05) is 12.1 Å². The highest BCUT2D eigenvalue weighted by atomic mass is 16.5. The van der Waals surface area contributed by atoms with Gasteiger partial charge in [-0.05, 0) is 38.1 Å². The van der Waals surface area contributed by atoms with Gasteiger partial charge in [-0.15, -0.1) is 0 Å². The van der Waals surface area contributed by atoms with E-state index in [9.17, 15) is 0 Å². The number of hydrogen-bond donors (Lipinski definition) is 0. The quantitative estimate of drug-likeness (QED) is 0.437. The molecular weight excluding hydrogens is 316 g/mol. The SMILES string of the molecule is C=C(OCc1ccc(C)cc1OC)N(/N=C\C)c1cc(C#N)ccn1. The van der Waals surface area contributed by atoms with Gasteiger partial charge in [0, 0.05) is 24.0 Å². The Hall–Kier alpha value is -3.33. The smallest absolute Gasteiger partial charge is 0.209 e. The monoisotopic (exact) mass is 336 g/mol. The molecule has 1 aromatic heterocycles. The number of anilines is 1. The van der Waals surface area contributed by atoms with Gasteiger partial charge in [-0.2, -0.15) is 15.4 Å². The van der Waals surface area contributed by atoms with Gasteiger partial charge in [0.1, 0.15) is 12.4 Å². The largest absolute Gasteiger partial charge is 0.496 e. The van der Waals surface area contributed by atoms with Crippen LogP contribution in [0.3, 0.4) is 0 Å². The van der Waals surface area contributed by atoms with Crippen molar-refractivity contribution >= 4 is 12.0 Å². The minimum Gasteiger partial charge on any atom is -0.496 e. The lowest BCUT2D eigenvalue weighted by Crippen LogP contribution is -2.18. The highest BCUT2D eigenvalue weighted by Gasteiger charge is 2.13. The summed E-state index contributed by atoms with van der Waals surface area (Å²) in [4.78, 5) is 4.22. The summed E-state index contributed by atoms with van der Waals surface area (Å²) in [5, 5.41) is 14.7. The minimum atomic E-state index is 0.274. The topological polar surface area (TPSA) is 70.7 Å². The van der Waals surface area contributed by atoms with Crippen LogP contribution in [0.1, 0.15) is 23.6 Å². The third-order valence-corrected chi connectivity index (χ3v) is 3.40. The second-order valence-electron chi connectivity index (χ2n) is 5.20. The molecule has 2 rings (SSSR count). The number of hydrazone groups is 1. The van der Waals surface area contributed by atoms with Gasteiger partial charge in [-0.3, -0.25) is 0 Å². The highest BCUT2D eigenvalue weighted by Crippen LogP contribution is 2.23. The van der Waals surface area contributed by atoms with Crippen LogP contribution in [0.5, 0.6) is 5.75 Å². The van der Waals surface area contributed by atoms with Crippen molar-refractivity contribution in [3.8, 4) is 11.8 Å². The molecule has 0 radical (unpaired) electrons. The highest BCUT2D eigenvalue weighted by molar-refractivity contribution is 5.58. The van der Waals surface area contributed by atoms with Crippen molar-refractivity contribution in [2.24, 2.45) is 5.10 Å². The second-order valence-corrected chi connectivity index (χ2v) is 5.20. The molecule has 0 spiro atoms. The van der Waals surface area contributed by atoms with Crippen LogP contribution in [0, 0.1) is 18.3 Å². The van der Waals surface area contributed by atoms with Crippen molar-refractivity contribution in [1.29, 1.82) is 5.26 Å². The summed E-state index contributed by atoms with van der Waals surface area (Å²) >= 11 is 0. The van der Waals surface area contributed by atoms with Crippen molar-refractivity contribution in [2.45, 2.75) is 20.5 Å². The maximum atomic E-state index is 9.04. The van der Waals surface area contributed by atoms with Gasteiger partial charge < -0.3 is 9.47 Å². The van der Waals surface area contributed by atoms with Gasteiger partial charge in [-0.25, -0.2) is 4.98 Å². The summed E-state index contributed by atoms with van der Waals surface area (Å²) in [7, 11) is 1.62. The molecule has 0 aliphatic rings. The number of hydrogen-bond acceptors (Lipinski definition) is 6. The fraction of sp³-hybridized carbons (Fsp3) is 0.211. The summed E-state index contributed by atoms with van der Waals surface area (Å²) in [5.41, 5.74) is 2.48. The molecule has 6 nitrogen and oxygen atoms in total. The van der Waals surface area contributed by atoms with E-state index in [1.807, 2.05) is 25.1 Å². The summed E-state index contributed by atoms with van der Waals surface area (Å²) in [6.45, 7) is 7.97. The van der Waals surface area contributed by atoms with Gasteiger partial charge in [0.25, 0.3) is 0 Å². The predicted octanol–water partition coefficient (Wildman–Crippen LogP) is 3.77. The molecule has 0 atom stereocenters. The zero-order valence-corrected chi connectivity index (χ0v) is 14.6. The number of methoxy groups -OCH3 is 1. The first-order valence-electron chi connectivity index (χ1n) is 7.69. The number of rotatable bonds is 7. The van der Waals surface area contributed by atoms with E-state index in [0.29, 0.717) is 17.3 Å². The first kappa shape index (κ1) is 18.0. The first-order valence-corrected chi connectivity index (χ1v) is 7.69. The average Bonchev–Trinajstić information content (AvgIpc) is 2.64. The van der Waals surface area contributed by atoms with Crippen molar-refractivity contribution < 1.29 is 9.47 Å². The number of ether oxygens (including phenoxy) is 2. The van der Waals surface area contributed by atoms with Crippen molar-refractivity contribution in [3.05, 3.63) is 65.7 Å². The number of nitrogens with zero attached hydrogens (tertiary/aromatic N) is 4. The Balaban J connectivity index is 2.17. The lowest BCUT2D eigenvalue weighted by atomic mass is 10.1. The Morgan fingerprint density at radius 2 is 2.20 bits per heavy atom. The van der Waals surface area contributed by atoms with Gasteiger partial charge in [0.2, 0.25) is 5.88 Å². The molecule has 128 valence electrons. The molecule has 6 heteroatoms. The Morgan fingerprint density at radius 1 is 1.40 bits per heavy atom. The fourth-order valence-corrected chi connectivity index (χ4v) is 2.16. The van der Waals surface area contributed by atoms with Gasteiger partial charge in [0.05, 0.1) is 18.7 Å². The standard InChI is InChI=1S/C19H20N4O2/c1-5-22-23(19-11-16(12-20)8-9-21-19)15(3)25-13-17-7-6-14(2)10-18(17)24-4/h5-11H,3,13H2,1-2,4H3/b22-5-. The van der Waals surface area contributed by atoms with Gasteiger partial charge >= 0.3 is 0 Å². The summed E-state index contributed by atoms with van der Waals surface area (Å²) in [6.07, 6.45) is 3.14. The number of benzene rings is 1. The van der Waals surface area contributed by atoms with E-state index < -0.39 is 0 Å². The molecule has 0 saturated heterocycles.